The molecule has 0 radical (unpaired) electrons. The van der Waals surface area contributed by atoms with Crippen molar-refractivity contribution in [3.8, 4) is 0 Å². The van der Waals surface area contributed by atoms with Crippen LogP contribution in [-0.2, 0) is 0 Å². The van der Waals surface area contributed by atoms with Gasteiger partial charge in [0.05, 0.1) is 10.2 Å². The number of hydrogen-bond donors (Lipinski definition) is 2. The zero-order valence-corrected chi connectivity index (χ0v) is 10.3. The van der Waals surface area contributed by atoms with Crippen molar-refractivity contribution in [3.63, 3.8) is 0 Å². The molecule has 14 heavy (non-hydrogen) atoms. The predicted octanol–water partition coefficient (Wildman–Crippen LogP) is 2.38. The van der Waals surface area contributed by atoms with E-state index in [-0.39, 0.29) is 11.6 Å². The number of pyridine rings is 1. The Bertz CT molecular complexity index is 310. The molecule has 1 atom stereocenters. The zero-order valence-electron chi connectivity index (χ0n) is 8.71. The van der Waals surface area contributed by atoms with Crippen molar-refractivity contribution in [2.75, 3.05) is 5.32 Å². The minimum absolute atomic E-state index is 0.0718. The highest BCUT2D eigenvalue weighted by Crippen LogP contribution is 2.24. The molecule has 0 aromatic carbocycles. The molecule has 1 unspecified atom stereocenters. The SMILES string of the molecule is CC(N)C(C)(C)Nc1ccncc1Br. The third-order valence-electron chi connectivity index (χ3n) is 2.37. The summed E-state index contributed by atoms with van der Waals surface area (Å²) in [6, 6.07) is 2.00. The summed E-state index contributed by atoms with van der Waals surface area (Å²) in [6.45, 7) is 6.14. The Balaban J connectivity index is 2.84. The van der Waals surface area contributed by atoms with Crippen LogP contribution in [0.15, 0.2) is 22.9 Å². The molecule has 0 saturated carbocycles. The molecule has 0 bridgehead atoms. The highest BCUT2D eigenvalue weighted by atomic mass is 79.9. The molecule has 1 rings (SSSR count). The maximum absolute atomic E-state index is 5.87. The molecule has 3 N–H and O–H groups in total. The van der Waals surface area contributed by atoms with E-state index in [4.69, 9.17) is 5.73 Å². The van der Waals surface area contributed by atoms with Crippen molar-refractivity contribution in [2.45, 2.75) is 32.4 Å². The summed E-state index contributed by atoms with van der Waals surface area (Å²) in [7, 11) is 0. The molecule has 1 aromatic heterocycles. The highest BCUT2D eigenvalue weighted by Gasteiger charge is 2.22. The second-order valence-corrected chi connectivity index (χ2v) is 4.85. The summed E-state index contributed by atoms with van der Waals surface area (Å²) in [5.41, 5.74) is 6.76. The van der Waals surface area contributed by atoms with Crippen LogP contribution in [0, 0.1) is 0 Å². The molecule has 0 aliphatic heterocycles. The van der Waals surface area contributed by atoms with Crippen LogP contribution in [0.25, 0.3) is 0 Å². The average molecular weight is 258 g/mol. The lowest BCUT2D eigenvalue weighted by Gasteiger charge is -2.31. The van der Waals surface area contributed by atoms with E-state index in [0.29, 0.717) is 0 Å². The Morgan fingerprint density at radius 3 is 2.71 bits per heavy atom. The lowest BCUT2D eigenvalue weighted by Crippen LogP contribution is -2.47. The molecular formula is C10H16BrN3. The molecule has 0 saturated heterocycles. The van der Waals surface area contributed by atoms with Crippen LogP contribution in [0.5, 0.6) is 0 Å². The predicted molar refractivity (Wildman–Crippen MR) is 63.3 cm³/mol. The van der Waals surface area contributed by atoms with Gasteiger partial charge in [-0.1, -0.05) is 0 Å². The summed E-state index contributed by atoms with van der Waals surface area (Å²) >= 11 is 3.43. The van der Waals surface area contributed by atoms with E-state index >= 15 is 0 Å². The molecule has 0 amide bonds. The molecular weight excluding hydrogens is 242 g/mol. The number of aromatic nitrogens is 1. The van der Waals surface area contributed by atoms with E-state index in [2.05, 4.69) is 40.1 Å². The van der Waals surface area contributed by atoms with E-state index in [1.165, 1.54) is 0 Å². The fraction of sp³-hybridized carbons (Fsp3) is 0.500. The maximum Gasteiger partial charge on any atom is 0.0590 e. The molecule has 4 heteroatoms. The monoisotopic (exact) mass is 257 g/mol. The summed E-state index contributed by atoms with van der Waals surface area (Å²) < 4.78 is 0.953. The quantitative estimate of drug-likeness (QED) is 0.875. The summed E-state index contributed by atoms with van der Waals surface area (Å²) in [5, 5.41) is 3.37. The second-order valence-electron chi connectivity index (χ2n) is 3.99. The Kier molecular flexibility index (Phi) is 3.50. The van der Waals surface area contributed by atoms with Crippen molar-refractivity contribution >= 4 is 21.6 Å². The van der Waals surface area contributed by atoms with Crippen molar-refractivity contribution < 1.29 is 0 Å². The first kappa shape index (κ1) is 11.5. The number of nitrogens with zero attached hydrogens (tertiary/aromatic N) is 1. The molecule has 0 spiro atoms. The normalized spacial score (nSPS) is 13.8. The third-order valence-corrected chi connectivity index (χ3v) is 3.00. The van der Waals surface area contributed by atoms with Gasteiger partial charge >= 0.3 is 0 Å². The van der Waals surface area contributed by atoms with Gasteiger partial charge < -0.3 is 11.1 Å². The Morgan fingerprint density at radius 2 is 2.21 bits per heavy atom. The summed E-state index contributed by atoms with van der Waals surface area (Å²) in [4.78, 5) is 4.00. The molecule has 0 aliphatic carbocycles. The third kappa shape index (κ3) is 2.69. The van der Waals surface area contributed by atoms with Gasteiger partial charge in [0.1, 0.15) is 0 Å². The van der Waals surface area contributed by atoms with Gasteiger partial charge in [0.25, 0.3) is 0 Å². The van der Waals surface area contributed by atoms with Crippen molar-refractivity contribution in [3.05, 3.63) is 22.9 Å². The van der Waals surface area contributed by atoms with Crippen LogP contribution in [0.1, 0.15) is 20.8 Å². The minimum Gasteiger partial charge on any atom is -0.378 e. The van der Waals surface area contributed by atoms with Gasteiger partial charge in [-0.3, -0.25) is 4.98 Å². The molecule has 78 valence electrons. The van der Waals surface area contributed by atoms with E-state index in [9.17, 15) is 0 Å². The second kappa shape index (κ2) is 4.28. The number of anilines is 1. The van der Waals surface area contributed by atoms with Gasteiger partial charge in [-0.05, 0) is 42.8 Å². The van der Waals surface area contributed by atoms with Crippen LogP contribution in [0.4, 0.5) is 5.69 Å². The van der Waals surface area contributed by atoms with Crippen LogP contribution in [-0.4, -0.2) is 16.6 Å². The van der Waals surface area contributed by atoms with Crippen LogP contribution in [0.3, 0.4) is 0 Å². The average Bonchev–Trinajstić information content (AvgIpc) is 2.08. The lowest BCUT2D eigenvalue weighted by molar-refractivity contribution is 0.470. The number of halogens is 1. The van der Waals surface area contributed by atoms with E-state index in [0.717, 1.165) is 10.2 Å². The first-order valence-electron chi connectivity index (χ1n) is 4.57. The Morgan fingerprint density at radius 1 is 1.57 bits per heavy atom. The van der Waals surface area contributed by atoms with Crippen LogP contribution >= 0.6 is 15.9 Å². The lowest BCUT2D eigenvalue weighted by atomic mass is 9.96. The molecule has 1 aromatic rings. The first-order valence-corrected chi connectivity index (χ1v) is 5.36. The zero-order chi connectivity index (χ0) is 10.8. The van der Waals surface area contributed by atoms with Gasteiger partial charge in [-0.15, -0.1) is 0 Å². The van der Waals surface area contributed by atoms with Crippen molar-refractivity contribution in [2.24, 2.45) is 5.73 Å². The van der Waals surface area contributed by atoms with E-state index in [1.54, 1.807) is 12.4 Å². The smallest absolute Gasteiger partial charge is 0.0590 e. The van der Waals surface area contributed by atoms with Gasteiger partial charge in [-0.25, -0.2) is 0 Å². The van der Waals surface area contributed by atoms with Crippen molar-refractivity contribution in [1.29, 1.82) is 0 Å². The summed E-state index contributed by atoms with van der Waals surface area (Å²) in [6.07, 6.45) is 3.52. The number of nitrogens with two attached hydrogens (primary N) is 1. The number of hydrogen-bond acceptors (Lipinski definition) is 3. The van der Waals surface area contributed by atoms with Gasteiger partial charge in [0, 0.05) is 24.0 Å². The molecule has 3 nitrogen and oxygen atoms in total. The highest BCUT2D eigenvalue weighted by molar-refractivity contribution is 9.10. The van der Waals surface area contributed by atoms with Gasteiger partial charge in [0.15, 0.2) is 0 Å². The molecule has 1 heterocycles. The Hall–Kier alpha value is -0.610. The van der Waals surface area contributed by atoms with Gasteiger partial charge in [-0.2, -0.15) is 0 Å². The largest absolute Gasteiger partial charge is 0.378 e. The Labute approximate surface area is 93.2 Å². The fourth-order valence-electron chi connectivity index (χ4n) is 0.937. The topological polar surface area (TPSA) is 50.9 Å². The molecule has 0 aliphatic rings. The fourth-order valence-corrected chi connectivity index (χ4v) is 1.29. The van der Waals surface area contributed by atoms with E-state index < -0.39 is 0 Å². The number of rotatable bonds is 3. The first-order chi connectivity index (χ1) is 6.43. The van der Waals surface area contributed by atoms with Crippen molar-refractivity contribution in [1.82, 2.24) is 4.98 Å². The minimum atomic E-state index is -0.135. The van der Waals surface area contributed by atoms with Crippen LogP contribution < -0.4 is 11.1 Å². The maximum atomic E-state index is 5.87. The van der Waals surface area contributed by atoms with Gasteiger partial charge in [0.2, 0.25) is 0 Å². The number of nitrogens with one attached hydrogen (secondary N) is 1. The van der Waals surface area contributed by atoms with Crippen LogP contribution in [0.2, 0.25) is 0 Å². The van der Waals surface area contributed by atoms with E-state index in [1.807, 2.05) is 13.0 Å². The summed E-state index contributed by atoms with van der Waals surface area (Å²) in [5.74, 6) is 0. The standard InChI is InChI=1S/C10H16BrN3/c1-7(12)10(2,3)14-9-4-5-13-6-8(9)11/h4-7H,12H2,1-3H3,(H,13,14). The molecule has 0 fully saturated rings.